The lowest BCUT2D eigenvalue weighted by Crippen LogP contribution is -2.24. The quantitative estimate of drug-likeness (QED) is 0.574. The Morgan fingerprint density at radius 2 is 1.31 bits per heavy atom. The standard InChI is InChI=1S/C6H13N.C5H10O/c1-7-5-3-2-4-6-7;1-2-4-6-5-3-1/h2-6H2,1H3;1-5H2. The average molecular weight is 185 g/mol. The average Bonchev–Trinajstić information content (AvgIpc) is 2.22. The second-order valence-electron chi connectivity index (χ2n) is 4.04. The van der Waals surface area contributed by atoms with Gasteiger partial charge in [-0.15, -0.1) is 0 Å². The van der Waals surface area contributed by atoms with E-state index >= 15 is 0 Å². The summed E-state index contributed by atoms with van der Waals surface area (Å²) in [5, 5.41) is 0. The predicted molar refractivity (Wildman–Crippen MR) is 56.0 cm³/mol. The molecule has 0 aromatic rings. The smallest absolute Gasteiger partial charge is 0.0466 e. The minimum atomic E-state index is 1.00. The van der Waals surface area contributed by atoms with Crippen LogP contribution in [0.4, 0.5) is 0 Å². The zero-order chi connectivity index (χ0) is 9.36. The van der Waals surface area contributed by atoms with E-state index in [1.165, 1.54) is 51.6 Å². The fraction of sp³-hybridized carbons (Fsp3) is 1.00. The fourth-order valence-electron chi connectivity index (χ4n) is 1.74. The third-order valence-electron chi connectivity index (χ3n) is 2.66. The molecule has 13 heavy (non-hydrogen) atoms. The van der Waals surface area contributed by atoms with Gasteiger partial charge < -0.3 is 9.64 Å². The molecule has 0 atom stereocenters. The molecule has 0 aromatic carbocycles. The summed E-state index contributed by atoms with van der Waals surface area (Å²) in [4.78, 5) is 2.39. The molecule has 0 aromatic heterocycles. The number of ether oxygens (including phenoxy) is 1. The summed E-state index contributed by atoms with van der Waals surface area (Å²) in [6.45, 7) is 4.64. The van der Waals surface area contributed by atoms with Gasteiger partial charge in [-0.05, 0) is 52.2 Å². The Labute approximate surface area is 82.3 Å². The first kappa shape index (κ1) is 11.0. The van der Waals surface area contributed by atoms with Crippen LogP contribution in [0, 0.1) is 0 Å². The molecule has 2 heterocycles. The monoisotopic (exact) mass is 185 g/mol. The number of nitrogens with zero attached hydrogens (tertiary/aromatic N) is 1. The summed E-state index contributed by atoms with van der Waals surface area (Å²) in [6.07, 6.45) is 8.21. The van der Waals surface area contributed by atoms with Crippen molar-refractivity contribution in [3.8, 4) is 0 Å². The highest BCUT2D eigenvalue weighted by Gasteiger charge is 2.02. The van der Waals surface area contributed by atoms with Gasteiger partial charge >= 0.3 is 0 Å². The number of rotatable bonds is 0. The third kappa shape index (κ3) is 6.05. The molecule has 2 saturated heterocycles. The zero-order valence-corrected chi connectivity index (χ0v) is 8.93. The maximum absolute atomic E-state index is 5.07. The van der Waals surface area contributed by atoms with E-state index in [0.717, 1.165) is 13.2 Å². The molecule has 0 bridgehead atoms. The van der Waals surface area contributed by atoms with Gasteiger partial charge in [-0.25, -0.2) is 0 Å². The van der Waals surface area contributed by atoms with Gasteiger partial charge in [0, 0.05) is 13.2 Å². The Kier molecular flexibility index (Phi) is 6.21. The van der Waals surface area contributed by atoms with Gasteiger partial charge in [0.25, 0.3) is 0 Å². The number of hydrogen-bond donors (Lipinski definition) is 0. The first-order valence-electron chi connectivity index (χ1n) is 5.66. The van der Waals surface area contributed by atoms with Crippen molar-refractivity contribution in [1.82, 2.24) is 4.90 Å². The van der Waals surface area contributed by atoms with Gasteiger partial charge in [0.2, 0.25) is 0 Å². The predicted octanol–water partition coefficient (Wildman–Crippen LogP) is 2.29. The number of hydrogen-bond acceptors (Lipinski definition) is 2. The molecule has 2 fully saturated rings. The van der Waals surface area contributed by atoms with E-state index in [0.29, 0.717) is 0 Å². The van der Waals surface area contributed by atoms with E-state index in [4.69, 9.17) is 4.74 Å². The van der Waals surface area contributed by atoms with Crippen LogP contribution in [-0.4, -0.2) is 38.3 Å². The summed E-state index contributed by atoms with van der Waals surface area (Å²) in [6, 6.07) is 0. The van der Waals surface area contributed by atoms with Gasteiger partial charge in [0.15, 0.2) is 0 Å². The topological polar surface area (TPSA) is 12.5 Å². The van der Waals surface area contributed by atoms with Crippen molar-refractivity contribution < 1.29 is 4.74 Å². The summed E-state index contributed by atoms with van der Waals surface area (Å²) in [7, 11) is 2.19. The molecule has 0 amide bonds. The Bertz CT molecular complexity index is 95.1. The van der Waals surface area contributed by atoms with Gasteiger partial charge in [-0.2, -0.15) is 0 Å². The van der Waals surface area contributed by atoms with E-state index in [2.05, 4.69) is 11.9 Å². The highest BCUT2D eigenvalue weighted by molar-refractivity contribution is 4.58. The number of piperidine rings is 1. The van der Waals surface area contributed by atoms with Crippen LogP contribution in [0.15, 0.2) is 0 Å². The Morgan fingerprint density at radius 3 is 1.54 bits per heavy atom. The minimum absolute atomic E-state index is 1.00. The van der Waals surface area contributed by atoms with Crippen molar-refractivity contribution in [2.45, 2.75) is 38.5 Å². The summed E-state index contributed by atoms with van der Waals surface area (Å²) in [5.74, 6) is 0. The highest BCUT2D eigenvalue weighted by Crippen LogP contribution is 2.04. The lowest BCUT2D eigenvalue weighted by Gasteiger charge is -2.20. The van der Waals surface area contributed by atoms with Gasteiger partial charge in [0.1, 0.15) is 0 Å². The second-order valence-corrected chi connectivity index (χ2v) is 4.04. The van der Waals surface area contributed by atoms with Crippen LogP contribution < -0.4 is 0 Å². The molecule has 2 nitrogen and oxygen atoms in total. The van der Waals surface area contributed by atoms with Crippen molar-refractivity contribution in [2.24, 2.45) is 0 Å². The molecule has 2 aliphatic heterocycles. The van der Waals surface area contributed by atoms with Crippen LogP contribution in [0.5, 0.6) is 0 Å². The Morgan fingerprint density at radius 1 is 0.769 bits per heavy atom. The molecule has 0 aliphatic carbocycles. The van der Waals surface area contributed by atoms with Crippen molar-refractivity contribution in [3.63, 3.8) is 0 Å². The van der Waals surface area contributed by atoms with Gasteiger partial charge in [-0.1, -0.05) is 6.42 Å². The van der Waals surface area contributed by atoms with Crippen LogP contribution in [0.25, 0.3) is 0 Å². The first-order valence-corrected chi connectivity index (χ1v) is 5.66. The lowest BCUT2D eigenvalue weighted by atomic mass is 10.1. The van der Waals surface area contributed by atoms with Crippen molar-refractivity contribution >= 4 is 0 Å². The second kappa shape index (κ2) is 7.34. The fourth-order valence-corrected chi connectivity index (χ4v) is 1.74. The molecule has 2 rings (SSSR count). The molecule has 0 radical (unpaired) electrons. The van der Waals surface area contributed by atoms with E-state index < -0.39 is 0 Å². The maximum Gasteiger partial charge on any atom is 0.0466 e. The maximum atomic E-state index is 5.07. The minimum Gasteiger partial charge on any atom is -0.381 e. The Balaban J connectivity index is 0.000000132. The van der Waals surface area contributed by atoms with Crippen LogP contribution in [0.2, 0.25) is 0 Å². The van der Waals surface area contributed by atoms with Gasteiger partial charge in [-0.3, -0.25) is 0 Å². The van der Waals surface area contributed by atoms with Crippen molar-refractivity contribution in [2.75, 3.05) is 33.4 Å². The molecule has 0 N–H and O–H groups in total. The molecule has 78 valence electrons. The largest absolute Gasteiger partial charge is 0.381 e. The normalized spacial score (nSPS) is 24.7. The first-order chi connectivity index (χ1) is 6.39. The molecule has 0 spiro atoms. The van der Waals surface area contributed by atoms with E-state index in [1.807, 2.05) is 0 Å². The van der Waals surface area contributed by atoms with Crippen LogP contribution in [-0.2, 0) is 4.74 Å². The third-order valence-corrected chi connectivity index (χ3v) is 2.66. The molecular formula is C11H23NO. The van der Waals surface area contributed by atoms with Crippen LogP contribution in [0.1, 0.15) is 38.5 Å². The van der Waals surface area contributed by atoms with Crippen LogP contribution >= 0.6 is 0 Å². The molecule has 0 saturated carbocycles. The molecule has 0 unspecified atom stereocenters. The van der Waals surface area contributed by atoms with Crippen molar-refractivity contribution in [1.29, 1.82) is 0 Å². The summed E-state index contributed by atoms with van der Waals surface area (Å²) >= 11 is 0. The van der Waals surface area contributed by atoms with E-state index in [-0.39, 0.29) is 0 Å². The zero-order valence-electron chi connectivity index (χ0n) is 8.93. The van der Waals surface area contributed by atoms with E-state index in [1.54, 1.807) is 0 Å². The summed E-state index contributed by atoms with van der Waals surface area (Å²) in [5.41, 5.74) is 0. The SMILES string of the molecule is C1CCOCC1.CN1CCCCC1. The molecular weight excluding hydrogens is 162 g/mol. The Hall–Kier alpha value is -0.0800. The van der Waals surface area contributed by atoms with Crippen LogP contribution in [0.3, 0.4) is 0 Å². The van der Waals surface area contributed by atoms with E-state index in [9.17, 15) is 0 Å². The highest BCUT2D eigenvalue weighted by atomic mass is 16.5. The summed E-state index contributed by atoms with van der Waals surface area (Å²) < 4.78 is 5.07. The van der Waals surface area contributed by atoms with Gasteiger partial charge in [0.05, 0.1) is 0 Å². The number of likely N-dealkylation sites (tertiary alicyclic amines) is 1. The molecule has 2 aliphatic rings. The van der Waals surface area contributed by atoms with Crippen molar-refractivity contribution in [3.05, 3.63) is 0 Å². The molecule has 2 heteroatoms. The lowest BCUT2D eigenvalue weighted by molar-refractivity contribution is 0.0968.